The number of alkyl halides is 1. The molecule has 0 aliphatic rings. The maximum atomic E-state index is 12.1. The minimum atomic E-state index is -3.74. The van der Waals surface area contributed by atoms with Gasteiger partial charge in [-0.05, 0) is 25.0 Å². The fourth-order valence-electron chi connectivity index (χ4n) is 1.41. The van der Waals surface area contributed by atoms with Crippen molar-refractivity contribution in [3.8, 4) is 0 Å². The first-order chi connectivity index (χ1) is 8.77. The van der Waals surface area contributed by atoms with Gasteiger partial charge in [0.2, 0.25) is 10.0 Å². The Labute approximate surface area is 136 Å². The van der Waals surface area contributed by atoms with E-state index in [4.69, 9.17) is 34.8 Å². The summed E-state index contributed by atoms with van der Waals surface area (Å²) in [6.07, 6.45) is 1.33. The highest BCUT2D eigenvalue weighted by Gasteiger charge is 2.22. The van der Waals surface area contributed by atoms with E-state index >= 15 is 0 Å². The summed E-state index contributed by atoms with van der Waals surface area (Å²) in [4.78, 5) is -0.110. The van der Waals surface area contributed by atoms with Crippen LogP contribution in [0.5, 0.6) is 0 Å². The molecule has 0 spiro atoms. The van der Waals surface area contributed by atoms with Gasteiger partial charge in [-0.2, -0.15) is 0 Å². The highest BCUT2D eigenvalue weighted by molar-refractivity contribution is 9.10. The number of rotatable bonds is 6. The predicted molar refractivity (Wildman–Crippen MR) is 83.9 cm³/mol. The topological polar surface area (TPSA) is 46.2 Å². The predicted octanol–water partition coefficient (Wildman–Crippen LogP) is 4.44. The molecule has 1 rings (SSSR count). The zero-order chi connectivity index (χ0) is 14.6. The second-order valence-corrected chi connectivity index (χ2v) is 7.94. The van der Waals surface area contributed by atoms with Crippen LogP contribution < -0.4 is 4.72 Å². The Kier molecular flexibility index (Phi) is 6.90. The molecule has 0 heterocycles. The largest absolute Gasteiger partial charge is 0.243 e. The van der Waals surface area contributed by atoms with Crippen molar-refractivity contribution in [1.82, 2.24) is 4.72 Å². The quantitative estimate of drug-likeness (QED) is 0.706. The lowest BCUT2D eigenvalue weighted by molar-refractivity contribution is 0.577. The number of sulfonamides is 1. The minimum Gasteiger partial charge on any atom is -0.211 e. The molecule has 0 saturated carbocycles. The SMILES string of the molecule is CCC(Cl)CCNS(=O)(=O)c1c(Cl)cc(Br)cc1Cl. The third-order valence-electron chi connectivity index (χ3n) is 2.42. The normalized spacial score (nSPS) is 13.5. The van der Waals surface area contributed by atoms with Crippen molar-refractivity contribution in [3.05, 3.63) is 26.7 Å². The van der Waals surface area contributed by atoms with Crippen molar-refractivity contribution >= 4 is 60.8 Å². The number of nitrogens with one attached hydrogen (secondary N) is 1. The summed E-state index contributed by atoms with van der Waals surface area (Å²) >= 11 is 21.0. The highest BCUT2D eigenvalue weighted by atomic mass is 79.9. The van der Waals surface area contributed by atoms with Gasteiger partial charge in [0.05, 0.1) is 10.0 Å². The summed E-state index contributed by atoms with van der Waals surface area (Å²) in [5, 5.41) is 0.0909. The van der Waals surface area contributed by atoms with Crippen LogP contribution in [0.3, 0.4) is 0 Å². The summed E-state index contributed by atoms with van der Waals surface area (Å²) in [5.41, 5.74) is 0. The van der Waals surface area contributed by atoms with Crippen molar-refractivity contribution in [3.63, 3.8) is 0 Å². The molecule has 1 aromatic rings. The fourth-order valence-corrected chi connectivity index (χ4v) is 4.50. The van der Waals surface area contributed by atoms with Gasteiger partial charge in [-0.3, -0.25) is 0 Å². The highest BCUT2D eigenvalue weighted by Crippen LogP contribution is 2.32. The average Bonchev–Trinajstić information content (AvgIpc) is 2.26. The van der Waals surface area contributed by atoms with Gasteiger partial charge in [0.1, 0.15) is 4.90 Å². The van der Waals surface area contributed by atoms with E-state index in [0.717, 1.165) is 6.42 Å². The molecule has 0 saturated heterocycles. The number of hydrogen-bond acceptors (Lipinski definition) is 2. The zero-order valence-corrected chi connectivity index (χ0v) is 14.8. The maximum absolute atomic E-state index is 12.1. The zero-order valence-electron chi connectivity index (χ0n) is 10.1. The molecular weight excluding hydrogens is 396 g/mol. The van der Waals surface area contributed by atoms with Crippen molar-refractivity contribution in [2.75, 3.05) is 6.54 Å². The molecule has 1 aromatic carbocycles. The van der Waals surface area contributed by atoms with Crippen LogP contribution in [0.25, 0.3) is 0 Å². The Morgan fingerprint density at radius 1 is 1.32 bits per heavy atom. The van der Waals surface area contributed by atoms with Crippen molar-refractivity contribution < 1.29 is 8.42 Å². The monoisotopic (exact) mass is 407 g/mol. The van der Waals surface area contributed by atoms with E-state index in [1.807, 2.05) is 6.92 Å². The molecule has 1 unspecified atom stereocenters. The van der Waals surface area contributed by atoms with Crippen molar-refractivity contribution in [2.24, 2.45) is 0 Å². The van der Waals surface area contributed by atoms with Crippen LogP contribution in [0.2, 0.25) is 10.0 Å². The summed E-state index contributed by atoms with van der Waals surface area (Å²) in [5.74, 6) is 0. The van der Waals surface area contributed by atoms with E-state index in [2.05, 4.69) is 20.7 Å². The average molecular weight is 410 g/mol. The Balaban J connectivity index is 2.89. The number of hydrogen-bond donors (Lipinski definition) is 1. The van der Waals surface area contributed by atoms with Gasteiger partial charge < -0.3 is 0 Å². The van der Waals surface area contributed by atoms with E-state index in [-0.39, 0.29) is 26.9 Å². The molecule has 0 bridgehead atoms. The van der Waals surface area contributed by atoms with Crippen LogP contribution >= 0.6 is 50.7 Å². The molecule has 19 heavy (non-hydrogen) atoms. The molecule has 1 atom stereocenters. The summed E-state index contributed by atoms with van der Waals surface area (Å²) in [7, 11) is -3.74. The van der Waals surface area contributed by atoms with Gasteiger partial charge in [-0.1, -0.05) is 46.1 Å². The van der Waals surface area contributed by atoms with E-state index in [1.54, 1.807) is 0 Å². The van der Waals surface area contributed by atoms with Gasteiger partial charge >= 0.3 is 0 Å². The molecule has 0 fully saturated rings. The molecule has 0 aromatic heterocycles. The standard InChI is InChI=1S/C11H13BrCl3NO2S/c1-2-8(13)3-4-16-19(17,18)11-9(14)5-7(12)6-10(11)15/h5-6,8,16H,2-4H2,1H3. The van der Waals surface area contributed by atoms with Gasteiger partial charge in [0, 0.05) is 16.4 Å². The summed E-state index contributed by atoms with van der Waals surface area (Å²) < 4.78 is 27.3. The Hall–Kier alpha value is 0.480. The van der Waals surface area contributed by atoms with Gasteiger partial charge in [-0.15, -0.1) is 11.6 Å². The second kappa shape index (κ2) is 7.48. The van der Waals surface area contributed by atoms with Crippen LogP contribution in [0.4, 0.5) is 0 Å². The lowest BCUT2D eigenvalue weighted by atomic mass is 10.2. The lowest BCUT2D eigenvalue weighted by Crippen LogP contribution is -2.26. The van der Waals surface area contributed by atoms with E-state index in [0.29, 0.717) is 10.9 Å². The third kappa shape index (κ3) is 5.06. The van der Waals surface area contributed by atoms with E-state index < -0.39 is 10.0 Å². The molecule has 8 heteroatoms. The molecule has 1 N–H and O–H groups in total. The molecule has 0 amide bonds. The first-order valence-electron chi connectivity index (χ1n) is 5.56. The van der Waals surface area contributed by atoms with E-state index in [1.165, 1.54) is 12.1 Å². The van der Waals surface area contributed by atoms with Crippen LogP contribution in [-0.4, -0.2) is 20.3 Å². The number of benzene rings is 1. The molecule has 0 radical (unpaired) electrons. The fraction of sp³-hybridized carbons (Fsp3) is 0.455. The second-order valence-electron chi connectivity index (χ2n) is 3.89. The molecule has 0 aliphatic heterocycles. The Bertz CT molecular complexity index is 528. The first kappa shape index (κ1) is 17.5. The van der Waals surface area contributed by atoms with Crippen LogP contribution in [0.1, 0.15) is 19.8 Å². The number of halogens is 4. The van der Waals surface area contributed by atoms with Gasteiger partial charge in [0.25, 0.3) is 0 Å². The third-order valence-corrected chi connectivity index (χ3v) is 5.79. The minimum absolute atomic E-state index is 0.0569. The Morgan fingerprint density at radius 2 is 1.84 bits per heavy atom. The van der Waals surface area contributed by atoms with Crippen LogP contribution in [0, 0.1) is 0 Å². The van der Waals surface area contributed by atoms with Crippen molar-refractivity contribution in [2.45, 2.75) is 30.0 Å². The lowest BCUT2D eigenvalue weighted by Gasteiger charge is -2.11. The maximum Gasteiger partial charge on any atom is 0.243 e. The van der Waals surface area contributed by atoms with Crippen molar-refractivity contribution in [1.29, 1.82) is 0 Å². The molecular formula is C11H13BrCl3NO2S. The van der Waals surface area contributed by atoms with Gasteiger partial charge in [-0.25, -0.2) is 13.1 Å². The van der Waals surface area contributed by atoms with Crippen LogP contribution in [0.15, 0.2) is 21.5 Å². The summed E-state index contributed by atoms with van der Waals surface area (Å²) in [6, 6.07) is 2.97. The molecule has 108 valence electrons. The molecule has 0 aliphatic carbocycles. The smallest absolute Gasteiger partial charge is 0.211 e. The first-order valence-corrected chi connectivity index (χ1v) is 9.03. The van der Waals surface area contributed by atoms with E-state index in [9.17, 15) is 8.42 Å². The van der Waals surface area contributed by atoms with Crippen LogP contribution in [-0.2, 0) is 10.0 Å². The van der Waals surface area contributed by atoms with Gasteiger partial charge in [0.15, 0.2) is 0 Å². The Morgan fingerprint density at radius 3 is 2.32 bits per heavy atom. The summed E-state index contributed by atoms with van der Waals surface area (Å²) in [6.45, 7) is 2.18. The molecule has 3 nitrogen and oxygen atoms in total.